The molecule has 0 aliphatic heterocycles. The van der Waals surface area contributed by atoms with Gasteiger partial charge in [-0.15, -0.1) is 0 Å². The highest BCUT2D eigenvalue weighted by Gasteiger charge is 2.05. The maximum absolute atomic E-state index is 5.35. The molecule has 94 valence electrons. The van der Waals surface area contributed by atoms with Gasteiger partial charge in [0.25, 0.3) is 0 Å². The zero-order valence-corrected chi connectivity index (χ0v) is 11.9. The molecule has 3 rings (SSSR count). The van der Waals surface area contributed by atoms with Crippen molar-refractivity contribution < 1.29 is 4.52 Å². The van der Waals surface area contributed by atoms with Crippen molar-refractivity contribution in [2.75, 3.05) is 0 Å². The minimum Gasteiger partial charge on any atom is -0.480 e. The van der Waals surface area contributed by atoms with Crippen LogP contribution in [0.2, 0.25) is 0 Å². The van der Waals surface area contributed by atoms with Crippen LogP contribution in [0.1, 0.15) is 5.56 Å². The smallest absolute Gasteiger partial charge is 0.130 e. The largest absolute Gasteiger partial charge is 0.480 e. The second kappa shape index (κ2) is 5.03. The van der Waals surface area contributed by atoms with Crippen LogP contribution in [0.25, 0.3) is 21.9 Å². The van der Waals surface area contributed by atoms with Crippen LogP contribution in [0.15, 0.2) is 60.7 Å². The number of benzene rings is 3. The third kappa shape index (κ3) is 2.34. The molecule has 0 aromatic heterocycles. The van der Waals surface area contributed by atoms with Crippen LogP contribution in [-0.2, 0) is 0 Å². The molecule has 1 nitrogen and oxygen atoms in total. The Labute approximate surface area is 115 Å². The third-order valence-electron chi connectivity index (χ3n) is 3.32. The predicted molar refractivity (Wildman–Crippen MR) is 84.5 cm³/mol. The van der Waals surface area contributed by atoms with Gasteiger partial charge in [0, 0.05) is 5.56 Å². The second-order valence-electron chi connectivity index (χ2n) is 4.68. The highest BCUT2D eigenvalue weighted by atomic mass is 31.0. The molecule has 0 aliphatic carbocycles. The summed E-state index contributed by atoms with van der Waals surface area (Å²) >= 11 is 0. The summed E-state index contributed by atoms with van der Waals surface area (Å²) in [7, 11) is 2.31. The SMILES string of the molecule is Cc1ccc2cc(-c3ccccc3OP)ccc2c1. The number of hydrogen-bond donors (Lipinski definition) is 0. The van der Waals surface area contributed by atoms with Crippen LogP contribution in [0.3, 0.4) is 0 Å². The summed E-state index contributed by atoms with van der Waals surface area (Å²) in [6, 6.07) is 21.1. The third-order valence-corrected chi connectivity index (χ3v) is 3.57. The van der Waals surface area contributed by atoms with Gasteiger partial charge in [0.05, 0.1) is 9.47 Å². The number of aryl methyl sites for hydroxylation is 1. The molecule has 0 spiro atoms. The first kappa shape index (κ1) is 12.2. The van der Waals surface area contributed by atoms with Crippen molar-refractivity contribution in [1.29, 1.82) is 0 Å². The van der Waals surface area contributed by atoms with E-state index in [1.54, 1.807) is 0 Å². The summed E-state index contributed by atoms with van der Waals surface area (Å²) in [4.78, 5) is 0. The van der Waals surface area contributed by atoms with Gasteiger partial charge in [-0.1, -0.05) is 54.1 Å². The van der Waals surface area contributed by atoms with Crippen LogP contribution < -0.4 is 4.52 Å². The molecular formula is C17H15OP. The van der Waals surface area contributed by atoms with Crippen molar-refractivity contribution in [3.05, 3.63) is 66.2 Å². The van der Waals surface area contributed by atoms with E-state index in [9.17, 15) is 0 Å². The first-order chi connectivity index (χ1) is 9.28. The monoisotopic (exact) mass is 266 g/mol. The maximum Gasteiger partial charge on any atom is 0.130 e. The van der Waals surface area contributed by atoms with Gasteiger partial charge in [0.15, 0.2) is 0 Å². The van der Waals surface area contributed by atoms with E-state index in [2.05, 4.69) is 58.9 Å². The van der Waals surface area contributed by atoms with E-state index >= 15 is 0 Å². The topological polar surface area (TPSA) is 9.23 Å². The number of fused-ring (bicyclic) bond motifs is 1. The Bertz CT molecular complexity index is 734. The van der Waals surface area contributed by atoms with E-state index in [0.29, 0.717) is 0 Å². The molecule has 0 N–H and O–H groups in total. The maximum atomic E-state index is 5.35. The van der Waals surface area contributed by atoms with Crippen molar-refractivity contribution >= 4 is 20.2 Å². The first-order valence-corrected chi connectivity index (χ1v) is 6.71. The van der Waals surface area contributed by atoms with Crippen LogP contribution in [0.5, 0.6) is 5.75 Å². The summed E-state index contributed by atoms with van der Waals surface area (Å²) in [6.45, 7) is 2.12. The molecule has 0 fully saturated rings. The summed E-state index contributed by atoms with van der Waals surface area (Å²) in [5.41, 5.74) is 3.57. The molecule has 0 aliphatic rings. The standard InChI is InChI=1S/C17H15OP/c1-12-6-7-14-11-15(9-8-13(14)10-12)16-4-2-3-5-17(16)18-19/h2-11H,19H2,1H3. The Hall–Kier alpha value is -1.85. The van der Waals surface area contributed by atoms with Gasteiger partial charge in [-0.05, 0) is 35.4 Å². The molecule has 2 heteroatoms. The van der Waals surface area contributed by atoms with E-state index in [-0.39, 0.29) is 0 Å². The van der Waals surface area contributed by atoms with Crippen molar-refractivity contribution in [2.45, 2.75) is 6.92 Å². The summed E-state index contributed by atoms with van der Waals surface area (Å²) < 4.78 is 5.35. The number of hydrogen-bond acceptors (Lipinski definition) is 1. The van der Waals surface area contributed by atoms with Crippen molar-refractivity contribution in [1.82, 2.24) is 0 Å². The molecule has 0 saturated heterocycles. The second-order valence-corrected chi connectivity index (χ2v) is 4.92. The molecule has 19 heavy (non-hydrogen) atoms. The van der Waals surface area contributed by atoms with Crippen molar-refractivity contribution in [2.24, 2.45) is 0 Å². The molecule has 1 unspecified atom stereocenters. The molecule has 0 amide bonds. The molecule has 3 aromatic rings. The van der Waals surface area contributed by atoms with E-state index in [1.165, 1.54) is 21.9 Å². The molecule has 1 atom stereocenters. The van der Waals surface area contributed by atoms with Crippen LogP contribution in [0, 0.1) is 6.92 Å². The van der Waals surface area contributed by atoms with Gasteiger partial charge in [0.1, 0.15) is 5.75 Å². The average Bonchev–Trinajstić information content (AvgIpc) is 2.46. The summed E-state index contributed by atoms with van der Waals surface area (Å²) in [5, 5.41) is 2.52. The molecule has 0 radical (unpaired) electrons. The molecular weight excluding hydrogens is 251 g/mol. The van der Waals surface area contributed by atoms with Crippen LogP contribution in [0.4, 0.5) is 0 Å². The van der Waals surface area contributed by atoms with Crippen molar-refractivity contribution in [3.63, 3.8) is 0 Å². The fourth-order valence-electron chi connectivity index (χ4n) is 2.34. The van der Waals surface area contributed by atoms with Gasteiger partial charge in [-0.25, -0.2) is 0 Å². The lowest BCUT2D eigenvalue weighted by atomic mass is 10.00. The molecule has 3 aromatic carbocycles. The Morgan fingerprint density at radius 3 is 2.42 bits per heavy atom. The van der Waals surface area contributed by atoms with E-state index in [0.717, 1.165) is 11.3 Å². The minimum atomic E-state index is 0.874. The Morgan fingerprint density at radius 1 is 0.842 bits per heavy atom. The fraction of sp³-hybridized carbons (Fsp3) is 0.0588. The van der Waals surface area contributed by atoms with Gasteiger partial charge in [-0.3, -0.25) is 0 Å². The lowest BCUT2D eigenvalue weighted by Crippen LogP contribution is -1.83. The Balaban J connectivity index is 2.18. The molecule has 0 bridgehead atoms. The Kier molecular flexibility index (Phi) is 3.23. The summed E-state index contributed by atoms with van der Waals surface area (Å²) in [5.74, 6) is 0.874. The average molecular weight is 266 g/mol. The van der Waals surface area contributed by atoms with E-state index < -0.39 is 0 Å². The fourth-order valence-corrected chi connectivity index (χ4v) is 2.55. The molecule has 0 heterocycles. The highest BCUT2D eigenvalue weighted by Crippen LogP contribution is 2.32. The van der Waals surface area contributed by atoms with Crippen molar-refractivity contribution in [3.8, 4) is 16.9 Å². The number of para-hydroxylation sites is 1. The summed E-state index contributed by atoms with van der Waals surface area (Å²) in [6.07, 6.45) is 0. The normalized spacial score (nSPS) is 10.6. The number of rotatable bonds is 2. The van der Waals surface area contributed by atoms with Gasteiger partial charge in [0.2, 0.25) is 0 Å². The van der Waals surface area contributed by atoms with Gasteiger partial charge in [-0.2, -0.15) is 0 Å². The highest BCUT2D eigenvalue weighted by molar-refractivity contribution is 7.10. The zero-order valence-electron chi connectivity index (χ0n) is 10.8. The predicted octanol–water partition coefficient (Wildman–Crippen LogP) is 4.98. The molecule has 0 saturated carbocycles. The lowest BCUT2D eigenvalue weighted by molar-refractivity contribution is 0.648. The van der Waals surface area contributed by atoms with Gasteiger partial charge >= 0.3 is 0 Å². The van der Waals surface area contributed by atoms with Gasteiger partial charge < -0.3 is 4.52 Å². The minimum absolute atomic E-state index is 0.874. The van der Waals surface area contributed by atoms with E-state index in [1.807, 2.05) is 18.2 Å². The Morgan fingerprint density at radius 2 is 1.58 bits per heavy atom. The first-order valence-electron chi connectivity index (χ1n) is 6.24. The zero-order chi connectivity index (χ0) is 13.2. The quantitative estimate of drug-likeness (QED) is 0.594. The van der Waals surface area contributed by atoms with Crippen LogP contribution in [-0.4, -0.2) is 0 Å². The van der Waals surface area contributed by atoms with Crippen LogP contribution >= 0.6 is 9.47 Å². The van der Waals surface area contributed by atoms with E-state index in [4.69, 9.17) is 4.52 Å². The lowest BCUT2D eigenvalue weighted by Gasteiger charge is -2.09.